The molecule has 3 aromatic rings. The predicted octanol–water partition coefficient (Wildman–Crippen LogP) is 3.02. The molecule has 2 unspecified atom stereocenters. The summed E-state index contributed by atoms with van der Waals surface area (Å²) in [5.74, 6) is 0.0646. The Labute approximate surface area is 175 Å². The number of nitrogens with zero attached hydrogens (tertiary/aromatic N) is 3. The average molecular weight is 403 g/mol. The molecule has 5 rings (SSSR count). The van der Waals surface area contributed by atoms with Crippen molar-refractivity contribution in [2.75, 3.05) is 13.2 Å². The number of hydrogen-bond acceptors (Lipinski definition) is 5. The number of hydrogen-bond donors (Lipinski definition) is 2. The Balaban J connectivity index is 1.14. The van der Waals surface area contributed by atoms with Gasteiger partial charge in [-0.1, -0.05) is 53.7 Å². The first-order valence-electron chi connectivity index (χ1n) is 10.5. The summed E-state index contributed by atoms with van der Waals surface area (Å²) < 4.78 is 7.40. The van der Waals surface area contributed by atoms with Gasteiger partial charge in [0.25, 0.3) is 0 Å². The van der Waals surface area contributed by atoms with Gasteiger partial charge in [0.1, 0.15) is 6.61 Å². The summed E-state index contributed by atoms with van der Waals surface area (Å²) in [5.41, 5.74) is 11.7. The lowest BCUT2D eigenvalue weighted by Crippen LogP contribution is -2.41. The number of alkyl carbamates (subject to hydrolysis) is 1. The quantitative estimate of drug-likeness (QED) is 0.660. The van der Waals surface area contributed by atoms with Gasteiger partial charge < -0.3 is 15.8 Å². The van der Waals surface area contributed by atoms with Crippen LogP contribution in [0.2, 0.25) is 0 Å². The van der Waals surface area contributed by atoms with Crippen LogP contribution in [0.3, 0.4) is 0 Å². The Morgan fingerprint density at radius 1 is 1.10 bits per heavy atom. The number of amides is 1. The van der Waals surface area contributed by atoms with Crippen LogP contribution in [-0.4, -0.2) is 40.3 Å². The predicted molar refractivity (Wildman–Crippen MR) is 113 cm³/mol. The van der Waals surface area contributed by atoms with E-state index in [1.807, 2.05) is 35.1 Å². The van der Waals surface area contributed by atoms with E-state index < -0.39 is 6.09 Å². The lowest BCUT2D eigenvalue weighted by atomic mass is 9.87. The molecule has 0 bridgehead atoms. The van der Waals surface area contributed by atoms with Gasteiger partial charge in [-0.05, 0) is 35.1 Å². The summed E-state index contributed by atoms with van der Waals surface area (Å²) in [6.45, 7) is 0.766. The summed E-state index contributed by atoms with van der Waals surface area (Å²) in [6, 6.07) is 17.0. The number of benzene rings is 2. The van der Waals surface area contributed by atoms with Crippen molar-refractivity contribution < 1.29 is 9.53 Å². The van der Waals surface area contributed by atoms with Gasteiger partial charge in [0.05, 0.1) is 11.7 Å². The Morgan fingerprint density at radius 2 is 1.80 bits per heavy atom. The summed E-state index contributed by atoms with van der Waals surface area (Å²) in [5, 5.41) is 11.2. The van der Waals surface area contributed by atoms with E-state index in [1.54, 1.807) is 0 Å². The molecule has 30 heavy (non-hydrogen) atoms. The second-order valence-electron chi connectivity index (χ2n) is 8.00. The number of aromatic nitrogens is 3. The van der Waals surface area contributed by atoms with Crippen molar-refractivity contribution in [3.05, 3.63) is 71.5 Å². The summed E-state index contributed by atoms with van der Waals surface area (Å²) in [7, 11) is 0. The maximum atomic E-state index is 12.2. The molecule has 2 atom stereocenters. The van der Waals surface area contributed by atoms with Crippen molar-refractivity contribution >= 4 is 6.09 Å². The first kappa shape index (κ1) is 18.8. The minimum Gasteiger partial charge on any atom is -0.449 e. The first-order chi connectivity index (χ1) is 14.7. The van der Waals surface area contributed by atoms with Crippen LogP contribution in [0.25, 0.3) is 11.1 Å². The molecule has 1 saturated carbocycles. The maximum absolute atomic E-state index is 12.2. The van der Waals surface area contributed by atoms with Crippen molar-refractivity contribution in [2.45, 2.75) is 37.3 Å². The summed E-state index contributed by atoms with van der Waals surface area (Å²) in [6.07, 6.45) is 4.19. The fourth-order valence-electron chi connectivity index (χ4n) is 4.37. The highest BCUT2D eigenvalue weighted by Crippen LogP contribution is 2.44. The number of rotatable bonds is 6. The molecule has 0 radical (unpaired) electrons. The fourth-order valence-corrected chi connectivity index (χ4v) is 4.37. The minimum absolute atomic E-state index is 0.0646. The molecular weight excluding hydrogens is 378 g/mol. The van der Waals surface area contributed by atoms with E-state index >= 15 is 0 Å². The van der Waals surface area contributed by atoms with Gasteiger partial charge in [-0.15, -0.1) is 5.10 Å². The number of carbonyl (C=O) groups excluding carboxylic acids is 1. The van der Waals surface area contributed by atoms with E-state index in [0.717, 1.165) is 18.5 Å². The van der Waals surface area contributed by atoms with Crippen LogP contribution in [0.1, 0.15) is 41.6 Å². The second kappa shape index (κ2) is 7.91. The Hall–Kier alpha value is -3.19. The lowest BCUT2D eigenvalue weighted by molar-refractivity contribution is 0.143. The third kappa shape index (κ3) is 3.45. The van der Waals surface area contributed by atoms with Gasteiger partial charge in [0.2, 0.25) is 0 Å². The van der Waals surface area contributed by atoms with Gasteiger partial charge in [0.15, 0.2) is 0 Å². The standard InChI is InChI=1S/C23H25N5O2/c24-21-9-10-22(21)28-13-15(26-27-28)11-12-25-23(29)30-14-20-18-7-3-1-5-16(18)17-6-2-4-8-19(17)20/h1-8,13,20-22H,9-12,14,24H2,(H,25,29). The molecule has 0 saturated heterocycles. The van der Waals surface area contributed by atoms with Crippen molar-refractivity contribution in [1.29, 1.82) is 0 Å². The normalized spacial score (nSPS) is 19.6. The number of carbonyl (C=O) groups is 1. The third-order valence-electron chi connectivity index (χ3n) is 6.18. The smallest absolute Gasteiger partial charge is 0.407 e. The van der Waals surface area contributed by atoms with Crippen LogP contribution in [-0.2, 0) is 11.2 Å². The van der Waals surface area contributed by atoms with E-state index in [2.05, 4.69) is 39.9 Å². The zero-order valence-corrected chi connectivity index (χ0v) is 16.7. The molecule has 1 heterocycles. The third-order valence-corrected chi connectivity index (χ3v) is 6.18. The lowest BCUT2D eigenvalue weighted by Gasteiger charge is -2.32. The van der Waals surface area contributed by atoms with Crippen LogP contribution in [0.15, 0.2) is 54.7 Å². The first-order valence-corrected chi connectivity index (χ1v) is 10.5. The van der Waals surface area contributed by atoms with E-state index in [9.17, 15) is 4.79 Å². The Morgan fingerprint density at radius 3 is 2.43 bits per heavy atom. The molecular formula is C23H25N5O2. The number of nitrogens with one attached hydrogen (secondary N) is 1. The topological polar surface area (TPSA) is 95.1 Å². The highest BCUT2D eigenvalue weighted by molar-refractivity contribution is 5.79. The second-order valence-corrected chi connectivity index (χ2v) is 8.00. The molecule has 2 aliphatic rings. The van der Waals surface area contributed by atoms with Crippen molar-refractivity contribution in [3.63, 3.8) is 0 Å². The zero-order chi connectivity index (χ0) is 20.5. The zero-order valence-electron chi connectivity index (χ0n) is 16.7. The molecule has 7 nitrogen and oxygen atoms in total. The van der Waals surface area contributed by atoms with E-state index in [4.69, 9.17) is 10.5 Å². The van der Waals surface area contributed by atoms with Crippen LogP contribution in [0.4, 0.5) is 4.79 Å². The van der Waals surface area contributed by atoms with Gasteiger partial charge >= 0.3 is 6.09 Å². The van der Waals surface area contributed by atoms with Crippen LogP contribution in [0.5, 0.6) is 0 Å². The SMILES string of the molecule is NC1CCC1n1cc(CCNC(=O)OCC2c3ccccc3-c3ccccc32)nn1. The van der Waals surface area contributed by atoms with Gasteiger partial charge in [0, 0.05) is 31.1 Å². The van der Waals surface area contributed by atoms with Crippen LogP contribution >= 0.6 is 0 Å². The monoisotopic (exact) mass is 403 g/mol. The fraction of sp³-hybridized carbons (Fsp3) is 0.348. The maximum Gasteiger partial charge on any atom is 0.407 e. The van der Waals surface area contributed by atoms with Crippen molar-refractivity contribution in [2.24, 2.45) is 5.73 Å². The average Bonchev–Trinajstić information content (AvgIpc) is 3.34. The van der Waals surface area contributed by atoms with Crippen molar-refractivity contribution in [1.82, 2.24) is 20.3 Å². The molecule has 1 aromatic heterocycles. The van der Waals surface area contributed by atoms with Crippen LogP contribution < -0.4 is 11.1 Å². The number of ether oxygens (including phenoxy) is 1. The minimum atomic E-state index is -0.412. The largest absolute Gasteiger partial charge is 0.449 e. The summed E-state index contributed by atoms with van der Waals surface area (Å²) >= 11 is 0. The molecule has 1 amide bonds. The highest BCUT2D eigenvalue weighted by Gasteiger charge is 2.30. The summed E-state index contributed by atoms with van der Waals surface area (Å²) in [4.78, 5) is 12.2. The molecule has 154 valence electrons. The van der Waals surface area contributed by atoms with Crippen LogP contribution in [0, 0.1) is 0 Å². The molecule has 0 aliphatic heterocycles. The van der Waals surface area contributed by atoms with E-state index in [1.165, 1.54) is 22.3 Å². The molecule has 0 spiro atoms. The molecule has 2 aromatic carbocycles. The van der Waals surface area contributed by atoms with Crippen molar-refractivity contribution in [3.8, 4) is 11.1 Å². The molecule has 1 fully saturated rings. The Bertz CT molecular complexity index is 1020. The Kier molecular flexibility index (Phi) is 4.96. The molecule has 7 heteroatoms. The van der Waals surface area contributed by atoms with Gasteiger partial charge in [-0.25, -0.2) is 9.48 Å². The van der Waals surface area contributed by atoms with E-state index in [-0.39, 0.29) is 18.0 Å². The number of nitrogens with two attached hydrogens (primary N) is 1. The van der Waals surface area contributed by atoms with Gasteiger partial charge in [-0.3, -0.25) is 0 Å². The number of fused-ring (bicyclic) bond motifs is 3. The van der Waals surface area contributed by atoms with Gasteiger partial charge in [-0.2, -0.15) is 0 Å². The highest BCUT2D eigenvalue weighted by atomic mass is 16.5. The molecule has 2 aliphatic carbocycles. The van der Waals surface area contributed by atoms with E-state index in [0.29, 0.717) is 19.6 Å². The molecule has 3 N–H and O–H groups in total.